The van der Waals surface area contributed by atoms with Gasteiger partial charge in [-0.2, -0.15) is 0 Å². The van der Waals surface area contributed by atoms with Gasteiger partial charge in [0.1, 0.15) is 5.75 Å². The summed E-state index contributed by atoms with van der Waals surface area (Å²) >= 11 is 0. The smallest absolute Gasteiger partial charge is 0.264 e. The van der Waals surface area contributed by atoms with Crippen LogP contribution in [-0.2, 0) is 27.9 Å². The molecule has 36 heavy (non-hydrogen) atoms. The maximum atomic E-state index is 13.6. The maximum absolute atomic E-state index is 13.6. The lowest BCUT2D eigenvalue weighted by molar-refractivity contribution is -0.127. The van der Waals surface area contributed by atoms with Gasteiger partial charge in [0.15, 0.2) is 6.10 Å². The Kier molecular flexibility index (Phi) is 6.98. The van der Waals surface area contributed by atoms with Crippen molar-refractivity contribution in [1.29, 1.82) is 0 Å². The van der Waals surface area contributed by atoms with Crippen molar-refractivity contribution >= 4 is 21.6 Å². The van der Waals surface area contributed by atoms with E-state index in [4.69, 9.17) is 4.74 Å². The first kappa shape index (κ1) is 24.3. The first-order valence-electron chi connectivity index (χ1n) is 12.3. The van der Waals surface area contributed by atoms with E-state index in [0.717, 1.165) is 30.8 Å². The number of likely N-dealkylation sites (tertiary alicyclic amines) is 1. The van der Waals surface area contributed by atoms with Gasteiger partial charge in [-0.15, -0.1) is 0 Å². The Hall–Kier alpha value is -3.36. The second-order valence-corrected chi connectivity index (χ2v) is 11.3. The molecule has 0 aliphatic carbocycles. The van der Waals surface area contributed by atoms with E-state index in [9.17, 15) is 13.2 Å². The number of amides is 1. The third-order valence-corrected chi connectivity index (χ3v) is 8.57. The number of hydrogen-bond donors (Lipinski definition) is 1. The maximum Gasteiger partial charge on any atom is 0.264 e. The Morgan fingerprint density at radius 3 is 2.42 bits per heavy atom. The van der Waals surface area contributed by atoms with Gasteiger partial charge >= 0.3 is 0 Å². The fourth-order valence-corrected chi connectivity index (χ4v) is 6.30. The number of benzene rings is 3. The summed E-state index contributed by atoms with van der Waals surface area (Å²) in [6.07, 6.45) is 1.48. The lowest BCUT2D eigenvalue weighted by atomic mass is 10.1. The quantitative estimate of drug-likeness (QED) is 0.528. The molecule has 1 atom stereocenters. The van der Waals surface area contributed by atoms with Gasteiger partial charge in [-0.25, -0.2) is 8.42 Å². The summed E-state index contributed by atoms with van der Waals surface area (Å²) in [7, 11) is -3.88. The molecule has 0 radical (unpaired) electrons. The highest BCUT2D eigenvalue weighted by Crippen LogP contribution is 2.37. The third-order valence-electron chi connectivity index (χ3n) is 6.77. The molecular formula is C28H31N3O4S. The minimum Gasteiger partial charge on any atom is -0.476 e. The Morgan fingerprint density at radius 2 is 1.67 bits per heavy atom. The molecule has 2 aliphatic rings. The van der Waals surface area contributed by atoms with Crippen molar-refractivity contribution in [3.8, 4) is 5.75 Å². The molecule has 0 saturated carbocycles. The van der Waals surface area contributed by atoms with Gasteiger partial charge in [0.25, 0.3) is 15.9 Å². The first-order chi connectivity index (χ1) is 17.4. The molecule has 0 aromatic heterocycles. The molecule has 0 bridgehead atoms. The van der Waals surface area contributed by atoms with Crippen LogP contribution in [0.1, 0.15) is 29.5 Å². The van der Waals surface area contributed by atoms with E-state index in [1.807, 2.05) is 31.2 Å². The average Bonchev–Trinajstić information content (AvgIpc) is 3.41. The summed E-state index contributed by atoms with van der Waals surface area (Å²) in [6, 6.07) is 21.7. The van der Waals surface area contributed by atoms with E-state index in [1.165, 1.54) is 22.7 Å². The standard InChI is InChI=1S/C28H31N3O4S/c1-21-13-14-26-25(17-21)31(36(33,34)24-11-3-2-4-12-24)20-27(35-26)28(32)29-18-22-9-5-6-10-23(22)19-30-15-7-8-16-30/h2-6,9-14,17,27H,7-8,15-16,18-20H2,1H3,(H,29,32)/t27-/m0/s1. The van der Waals surface area contributed by atoms with Crippen LogP contribution in [0, 0.1) is 6.92 Å². The Balaban J connectivity index is 1.35. The molecule has 8 heteroatoms. The predicted octanol–water partition coefficient (Wildman–Crippen LogP) is 3.86. The molecular weight excluding hydrogens is 474 g/mol. The average molecular weight is 506 g/mol. The van der Waals surface area contributed by atoms with Crippen molar-refractivity contribution in [3.05, 3.63) is 89.5 Å². The fraction of sp³-hybridized carbons (Fsp3) is 0.321. The summed E-state index contributed by atoms with van der Waals surface area (Å²) in [5.74, 6) is 0.0337. The number of aryl methyl sites for hydroxylation is 1. The first-order valence-corrected chi connectivity index (χ1v) is 13.8. The number of carbonyl (C=O) groups is 1. The summed E-state index contributed by atoms with van der Waals surface area (Å²) in [5.41, 5.74) is 3.60. The number of nitrogens with one attached hydrogen (secondary N) is 1. The van der Waals surface area contributed by atoms with Gasteiger partial charge < -0.3 is 10.1 Å². The number of sulfonamides is 1. The summed E-state index contributed by atoms with van der Waals surface area (Å²) in [5, 5.41) is 2.98. The second-order valence-electron chi connectivity index (χ2n) is 9.40. The largest absolute Gasteiger partial charge is 0.476 e. The van der Waals surface area contributed by atoms with Crippen molar-refractivity contribution in [1.82, 2.24) is 10.2 Å². The van der Waals surface area contributed by atoms with Crippen LogP contribution < -0.4 is 14.4 Å². The molecule has 1 fully saturated rings. The highest BCUT2D eigenvalue weighted by atomic mass is 32.2. The predicted molar refractivity (Wildman–Crippen MR) is 139 cm³/mol. The van der Waals surface area contributed by atoms with Gasteiger partial charge in [-0.3, -0.25) is 14.0 Å². The van der Waals surface area contributed by atoms with Crippen molar-refractivity contribution < 1.29 is 17.9 Å². The molecule has 0 spiro atoms. The topological polar surface area (TPSA) is 79.0 Å². The SMILES string of the molecule is Cc1ccc2c(c1)N(S(=O)(=O)c1ccccc1)C[C@@H](C(=O)NCc1ccccc1CN1CCCC1)O2. The number of fused-ring (bicyclic) bond motifs is 1. The van der Waals surface area contributed by atoms with Crippen LogP contribution in [0.3, 0.4) is 0 Å². The zero-order chi connectivity index (χ0) is 25.1. The minimum atomic E-state index is -3.88. The van der Waals surface area contributed by atoms with Crippen LogP contribution in [0.4, 0.5) is 5.69 Å². The van der Waals surface area contributed by atoms with E-state index in [1.54, 1.807) is 42.5 Å². The van der Waals surface area contributed by atoms with Gasteiger partial charge in [-0.1, -0.05) is 48.5 Å². The van der Waals surface area contributed by atoms with E-state index in [-0.39, 0.29) is 17.3 Å². The van der Waals surface area contributed by atoms with Crippen LogP contribution in [-0.4, -0.2) is 45.0 Å². The zero-order valence-corrected chi connectivity index (χ0v) is 21.2. The van der Waals surface area contributed by atoms with Crippen LogP contribution in [0.5, 0.6) is 5.75 Å². The molecule has 5 rings (SSSR count). The van der Waals surface area contributed by atoms with Crippen molar-refractivity contribution in [2.45, 2.75) is 43.9 Å². The molecule has 3 aromatic rings. The highest BCUT2D eigenvalue weighted by molar-refractivity contribution is 7.92. The van der Waals surface area contributed by atoms with E-state index < -0.39 is 16.1 Å². The Bertz CT molecular complexity index is 1340. The lowest BCUT2D eigenvalue weighted by Gasteiger charge is -2.35. The molecule has 1 N–H and O–H groups in total. The van der Waals surface area contributed by atoms with Crippen LogP contribution in [0.25, 0.3) is 0 Å². The summed E-state index contributed by atoms with van der Waals surface area (Å²) in [6.45, 7) is 5.21. The zero-order valence-electron chi connectivity index (χ0n) is 20.4. The summed E-state index contributed by atoms with van der Waals surface area (Å²) in [4.78, 5) is 15.8. The number of ether oxygens (including phenoxy) is 1. The number of anilines is 1. The molecule has 0 unspecified atom stereocenters. The second kappa shape index (κ2) is 10.3. The van der Waals surface area contributed by atoms with E-state index in [0.29, 0.717) is 18.0 Å². The normalized spacial score (nSPS) is 17.9. The van der Waals surface area contributed by atoms with Gasteiger partial charge in [-0.05, 0) is 73.8 Å². The van der Waals surface area contributed by atoms with Gasteiger partial charge in [0, 0.05) is 13.1 Å². The fourth-order valence-electron chi connectivity index (χ4n) is 4.81. The van der Waals surface area contributed by atoms with Gasteiger partial charge in [0.2, 0.25) is 0 Å². The van der Waals surface area contributed by atoms with Crippen LogP contribution >= 0.6 is 0 Å². The molecule has 1 saturated heterocycles. The molecule has 2 heterocycles. The highest BCUT2D eigenvalue weighted by Gasteiger charge is 2.37. The Morgan fingerprint density at radius 1 is 0.972 bits per heavy atom. The molecule has 7 nitrogen and oxygen atoms in total. The summed E-state index contributed by atoms with van der Waals surface area (Å²) < 4.78 is 34.4. The van der Waals surface area contributed by atoms with E-state index in [2.05, 4.69) is 16.3 Å². The molecule has 1 amide bonds. The van der Waals surface area contributed by atoms with Gasteiger partial charge in [0.05, 0.1) is 17.1 Å². The third kappa shape index (κ3) is 5.10. The molecule has 188 valence electrons. The molecule has 3 aromatic carbocycles. The number of nitrogens with zero attached hydrogens (tertiary/aromatic N) is 2. The van der Waals surface area contributed by atoms with Crippen LogP contribution in [0.2, 0.25) is 0 Å². The monoisotopic (exact) mass is 505 g/mol. The van der Waals surface area contributed by atoms with Crippen molar-refractivity contribution in [2.75, 3.05) is 23.9 Å². The minimum absolute atomic E-state index is 0.102. The number of hydrogen-bond acceptors (Lipinski definition) is 5. The van der Waals surface area contributed by atoms with Crippen molar-refractivity contribution in [3.63, 3.8) is 0 Å². The molecule has 2 aliphatic heterocycles. The Labute approximate surface area is 212 Å². The van der Waals surface area contributed by atoms with Crippen molar-refractivity contribution in [2.24, 2.45) is 0 Å². The number of carbonyl (C=O) groups excluding carboxylic acids is 1. The number of rotatable bonds is 7. The van der Waals surface area contributed by atoms with E-state index >= 15 is 0 Å². The lowest BCUT2D eigenvalue weighted by Crippen LogP contribution is -2.50. The van der Waals surface area contributed by atoms with Crippen LogP contribution in [0.15, 0.2) is 77.7 Å².